The molecule has 6 aromatic carbocycles. The third-order valence-electron chi connectivity index (χ3n) is 11.7. The molecular formula is C47H38N10O11S2. The van der Waals surface area contributed by atoms with Crippen LogP contribution in [0.4, 0.5) is 63.3 Å². The Kier molecular flexibility index (Phi) is 11.3. The zero-order valence-electron chi connectivity index (χ0n) is 36.1. The maximum Gasteiger partial charge on any atom is 0.296 e. The summed E-state index contributed by atoms with van der Waals surface area (Å²) < 4.78 is 71.7. The molecule has 0 saturated carbocycles. The highest BCUT2D eigenvalue weighted by molar-refractivity contribution is 8.19. The average Bonchev–Trinajstić information content (AvgIpc) is 3.33. The largest absolute Gasteiger partial charge is 0.397 e. The Bertz CT molecular complexity index is 3530. The first-order valence-corrected chi connectivity index (χ1v) is 24.0. The molecular weight excluding hydrogens is 945 g/mol. The Hall–Kier alpha value is -8.29. The van der Waals surface area contributed by atoms with Crippen LogP contribution in [0.25, 0.3) is 0 Å². The second kappa shape index (κ2) is 17.3. The number of anilines is 11. The van der Waals surface area contributed by atoms with E-state index in [1.165, 1.54) is 24.3 Å². The summed E-state index contributed by atoms with van der Waals surface area (Å²) in [5.41, 5.74) is 12.1. The summed E-state index contributed by atoms with van der Waals surface area (Å²) in [5, 5.41) is 12.5. The number of rotatable bonds is 11. The molecule has 1 aliphatic heterocycles. The predicted molar refractivity (Wildman–Crippen MR) is 261 cm³/mol. The van der Waals surface area contributed by atoms with Crippen molar-refractivity contribution >= 4 is 107 Å². The van der Waals surface area contributed by atoms with E-state index in [4.69, 9.17) is 16.2 Å². The molecule has 354 valence electrons. The number of aromatic nitrogens is 3. The van der Waals surface area contributed by atoms with Gasteiger partial charge in [0.1, 0.15) is 15.8 Å². The van der Waals surface area contributed by atoms with Crippen molar-refractivity contribution in [2.75, 3.05) is 63.9 Å². The van der Waals surface area contributed by atoms with Gasteiger partial charge in [-0.3, -0.25) is 23.7 Å². The van der Waals surface area contributed by atoms with E-state index in [9.17, 15) is 45.8 Å². The first-order chi connectivity index (χ1) is 33.4. The van der Waals surface area contributed by atoms with E-state index in [0.717, 1.165) is 12.1 Å². The number of nitrogens with one attached hydrogen (secondary N) is 4. The fraction of sp³-hybridized carbons (Fsp3) is 0.0851. The number of nitrogen functional groups attached to an aromatic ring is 2. The van der Waals surface area contributed by atoms with Crippen molar-refractivity contribution in [2.24, 2.45) is 0 Å². The van der Waals surface area contributed by atoms with Crippen molar-refractivity contribution in [1.29, 1.82) is 0 Å². The van der Waals surface area contributed by atoms with Gasteiger partial charge in [0.05, 0.1) is 63.1 Å². The average molecular weight is 983 g/mol. The van der Waals surface area contributed by atoms with Crippen LogP contribution in [-0.4, -0.2) is 91.0 Å². The van der Waals surface area contributed by atoms with Gasteiger partial charge in [0.15, 0.2) is 23.1 Å². The molecule has 70 heavy (non-hydrogen) atoms. The number of hydrogen-bond donors (Lipinski definition) is 10. The van der Waals surface area contributed by atoms with Crippen molar-refractivity contribution in [3.05, 3.63) is 154 Å². The summed E-state index contributed by atoms with van der Waals surface area (Å²) in [5.74, 6) is -2.02. The van der Waals surface area contributed by atoms with Crippen LogP contribution < -0.4 is 37.6 Å². The summed E-state index contributed by atoms with van der Waals surface area (Å²) in [7, 11) is -9.44. The van der Waals surface area contributed by atoms with Crippen LogP contribution in [0.3, 0.4) is 0 Å². The number of carbonyl (C=O) groups is 4. The lowest BCUT2D eigenvalue weighted by atomic mass is 9.82. The van der Waals surface area contributed by atoms with E-state index in [0.29, 0.717) is 49.1 Å². The van der Waals surface area contributed by atoms with Crippen molar-refractivity contribution in [3.8, 4) is 0 Å². The van der Waals surface area contributed by atoms with Crippen LogP contribution in [-0.2, 0) is 14.9 Å². The second-order valence-electron chi connectivity index (χ2n) is 16.1. The molecule has 0 unspecified atom stereocenters. The van der Waals surface area contributed by atoms with Crippen molar-refractivity contribution in [1.82, 2.24) is 15.0 Å². The zero-order valence-corrected chi connectivity index (χ0v) is 37.8. The standard InChI is InChI=1S/C47H38N10O11S2/c48-39-33(69(62,63)64)21-31(35-37(39)43(60)29-13-3-1-11-27(29)41(35)58)50-23-7-5-9-25(19-23)52-45-54-46(56-47(55-45)57-15-17-68-18-16-57)53-26-10-6-8-24(20-26)51-32-22-34(70(65,66)67)40(49)38-36(32)42(59)28-12-2-4-14-30(28)44(38)61/h1-14,19-22,50-51,62-64H,15-18,48-49H2,(H,65,66,67)(H2,52,53,54,55,56). The Balaban J connectivity index is 0.967. The van der Waals surface area contributed by atoms with E-state index in [1.54, 1.807) is 72.8 Å². The molecule has 21 nitrogen and oxygen atoms in total. The maximum absolute atomic E-state index is 13.9. The molecule has 1 aromatic heterocycles. The number of morpholine rings is 1. The minimum absolute atomic E-state index is 0.0308. The zero-order chi connectivity index (χ0) is 49.2. The number of carbonyl (C=O) groups excluding carboxylic acids is 4. The van der Waals surface area contributed by atoms with E-state index in [1.807, 2.05) is 4.90 Å². The molecule has 3 aliphatic rings. The van der Waals surface area contributed by atoms with Gasteiger partial charge in [-0.05, 0) is 48.5 Å². The van der Waals surface area contributed by atoms with Crippen molar-refractivity contribution in [3.63, 3.8) is 0 Å². The molecule has 0 atom stereocenters. The van der Waals surface area contributed by atoms with Gasteiger partial charge < -0.3 is 56.0 Å². The molecule has 1 saturated heterocycles. The van der Waals surface area contributed by atoms with E-state index in [-0.39, 0.29) is 73.7 Å². The topological polar surface area (TPSA) is 335 Å². The van der Waals surface area contributed by atoms with Gasteiger partial charge >= 0.3 is 0 Å². The van der Waals surface area contributed by atoms with Crippen LogP contribution in [0.15, 0.2) is 119 Å². The van der Waals surface area contributed by atoms with Gasteiger partial charge in [-0.25, -0.2) is 0 Å². The number of nitrogens with zero attached hydrogens (tertiary/aromatic N) is 4. The van der Waals surface area contributed by atoms with Gasteiger partial charge in [-0.15, -0.1) is 0 Å². The van der Waals surface area contributed by atoms with Gasteiger partial charge in [0.25, 0.3) is 10.1 Å². The van der Waals surface area contributed by atoms with Gasteiger partial charge in [-0.2, -0.15) is 23.4 Å². The molecule has 0 radical (unpaired) electrons. The maximum atomic E-state index is 13.9. The smallest absolute Gasteiger partial charge is 0.296 e. The highest BCUT2D eigenvalue weighted by Gasteiger charge is 2.38. The highest BCUT2D eigenvalue weighted by Crippen LogP contribution is 2.52. The number of hydrogen-bond acceptors (Lipinski definition) is 20. The van der Waals surface area contributed by atoms with Gasteiger partial charge in [0.2, 0.25) is 17.8 Å². The molecule has 0 spiro atoms. The van der Waals surface area contributed by atoms with E-state index in [2.05, 4.69) is 36.2 Å². The molecule has 12 N–H and O–H groups in total. The lowest BCUT2D eigenvalue weighted by Crippen LogP contribution is -2.37. The summed E-state index contributed by atoms with van der Waals surface area (Å²) >= 11 is 0. The minimum atomic E-state index is -4.97. The fourth-order valence-corrected chi connectivity index (χ4v) is 9.84. The Morgan fingerprint density at radius 3 is 1.30 bits per heavy atom. The Morgan fingerprint density at radius 2 is 0.886 bits per heavy atom. The SMILES string of the molecule is Nc1c(S(O)(O)O)cc(Nc2cccc(Nc3nc(Nc4cccc(Nc5cc(S(=O)(=O)O)c(N)c6c5C(=O)c5ccccc5C6=O)c4)nc(N4CCOCC4)n3)c2)c2c1C(=O)c1ccccc1C2=O. The highest BCUT2D eigenvalue weighted by atomic mass is 32.3. The number of benzene rings is 6. The molecule has 2 aliphatic carbocycles. The first-order valence-electron chi connectivity index (χ1n) is 21.1. The first kappa shape index (κ1) is 45.5. The number of fused-ring (bicyclic) bond motifs is 4. The van der Waals surface area contributed by atoms with Crippen LogP contribution in [0.1, 0.15) is 63.7 Å². The van der Waals surface area contributed by atoms with E-state index < -0.39 is 65.3 Å². The van der Waals surface area contributed by atoms with Gasteiger partial charge in [0, 0.05) is 58.1 Å². The number of nitrogens with two attached hydrogens (primary N) is 2. The Labute approximate surface area is 398 Å². The molecule has 2 heterocycles. The molecule has 0 bridgehead atoms. The molecule has 1 fully saturated rings. The fourth-order valence-electron chi connectivity index (χ4n) is 8.52. The normalized spacial score (nSPS) is 14.5. The number of ketones is 4. The molecule has 23 heteroatoms. The monoisotopic (exact) mass is 982 g/mol. The summed E-state index contributed by atoms with van der Waals surface area (Å²) in [4.78, 5) is 69.9. The van der Waals surface area contributed by atoms with E-state index >= 15 is 0 Å². The molecule has 10 rings (SSSR count). The van der Waals surface area contributed by atoms with Crippen LogP contribution in [0, 0.1) is 0 Å². The lowest BCUT2D eigenvalue weighted by Gasteiger charge is -2.28. The third kappa shape index (κ3) is 8.27. The summed E-state index contributed by atoms with van der Waals surface area (Å²) in [6, 6.07) is 27.5. The van der Waals surface area contributed by atoms with Crippen molar-refractivity contribution in [2.45, 2.75) is 9.79 Å². The summed E-state index contributed by atoms with van der Waals surface area (Å²) in [6.45, 7) is 1.74. The third-order valence-corrected chi connectivity index (χ3v) is 13.5. The van der Waals surface area contributed by atoms with Crippen LogP contribution >= 0.6 is 10.9 Å². The second-order valence-corrected chi connectivity index (χ2v) is 19.0. The molecule has 0 amide bonds. The van der Waals surface area contributed by atoms with Crippen LogP contribution in [0.2, 0.25) is 0 Å². The summed E-state index contributed by atoms with van der Waals surface area (Å²) in [6.07, 6.45) is 0. The number of ether oxygens (including phenoxy) is 1. The molecule has 7 aromatic rings. The predicted octanol–water partition coefficient (Wildman–Crippen LogP) is 7.23. The lowest BCUT2D eigenvalue weighted by molar-refractivity contribution is 0.0980. The van der Waals surface area contributed by atoms with Crippen molar-refractivity contribution < 1.29 is 50.5 Å². The Morgan fingerprint density at radius 1 is 0.500 bits per heavy atom. The van der Waals surface area contributed by atoms with Gasteiger partial charge in [-0.1, -0.05) is 60.7 Å². The quantitative estimate of drug-likeness (QED) is 0.0451. The van der Waals surface area contributed by atoms with Crippen LogP contribution in [0.5, 0.6) is 0 Å². The minimum Gasteiger partial charge on any atom is -0.397 e.